The molecule has 3 aromatic carbocycles. The average molecular weight is 424 g/mol. The first-order valence-corrected chi connectivity index (χ1v) is 10.5. The second-order valence-electron chi connectivity index (χ2n) is 6.32. The third kappa shape index (κ3) is 4.66. The molecule has 0 aliphatic rings. The summed E-state index contributed by atoms with van der Waals surface area (Å²) in [6, 6.07) is 21.4. The van der Waals surface area contributed by atoms with Crippen molar-refractivity contribution in [3.05, 3.63) is 107 Å². The minimum atomic E-state index is -4.18. The summed E-state index contributed by atoms with van der Waals surface area (Å²) in [6.45, 7) is 3.94. The van der Waals surface area contributed by atoms with Crippen LogP contribution < -0.4 is 9.04 Å². The molecule has 7 nitrogen and oxygen atoms in total. The largest absolute Gasteiger partial charge is 0.489 e. The van der Waals surface area contributed by atoms with Gasteiger partial charge in [0.05, 0.1) is 17.2 Å². The molecule has 0 amide bonds. The van der Waals surface area contributed by atoms with E-state index >= 15 is 0 Å². The van der Waals surface area contributed by atoms with Crippen LogP contribution in [0.4, 0.5) is 11.4 Å². The van der Waals surface area contributed by atoms with Gasteiger partial charge in [-0.1, -0.05) is 48.5 Å². The number of nitrogens with zero attached hydrogens (tertiary/aromatic N) is 2. The molecule has 3 rings (SSSR count). The van der Waals surface area contributed by atoms with Gasteiger partial charge in [-0.3, -0.25) is 14.4 Å². The Morgan fingerprint density at radius 2 is 1.60 bits per heavy atom. The first-order chi connectivity index (χ1) is 14.4. The van der Waals surface area contributed by atoms with Crippen LogP contribution in [-0.4, -0.2) is 19.9 Å². The van der Waals surface area contributed by atoms with Gasteiger partial charge in [0.2, 0.25) is 0 Å². The van der Waals surface area contributed by atoms with E-state index < -0.39 is 20.6 Å². The zero-order valence-corrected chi connectivity index (χ0v) is 16.9. The predicted molar refractivity (Wildman–Crippen MR) is 115 cm³/mol. The summed E-state index contributed by atoms with van der Waals surface area (Å²) in [6.07, 6.45) is 1.42. The van der Waals surface area contributed by atoms with E-state index in [1.54, 1.807) is 24.3 Å². The maximum Gasteiger partial charge on any atom is 0.289 e. The van der Waals surface area contributed by atoms with E-state index in [9.17, 15) is 18.5 Å². The number of nitro groups is 1. The fraction of sp³-hybridized carbons (Fsp3) is 0.0909. The van der Waals surface area contributed by atoms with Crippen molar-refractivity contribution in [3.8, 4) is 5.75 Å². The van der Waals surface area contributed by atoms with Crippen LogP contribution >= 0.6 is 0 Å². The maximum atomic E-state index is 13.2. The van der Waals surface area contributed by atoms with Crippen molar-refractivity contribution in [2.24, 2.45) is 0 Å². The highest BCUT2D eigenvalue weighted by atomic mass is 32.2. The third-order valence-electron chi connectivity index (χ3n) is 4.30. The number of hydrogen-bond donors (Lipinski definition) is 0. The molecule has 0 N–H and O–H groups in total. The molecular weight excluding hydrogens is 404 g/mol. The quantitative estimate of drug-likeness (QED) is 0.285. The second kappa shape index (κ2) is 9.23. The summed E-state index contributed by atoms with van der Waals surface area (Å²) in [5.74, 6) is 0.573. The number of para-hydroxylation sites is 1. The monoisotopic (exact) mass is 424 g/mol. The fourth-order valence-corrected chi connectivity index (χ4v) is 4.45. The van der Waals surface area contributed by atoms with Gasteiger partial charge in [-0.15, -0.1) is 6.58 Å². The van der Waals surface area contributed by atoms with Crippen molar-refractivity contribution in [1.29, 1.82) is 0 Å². The molecule has 0 aliphatic heterocycles. The van der Waals surface area contributed by atoms with Crippen LogP contribution in [0.25, 0.3) is 0 Å². The molecule has 0 heterocycles. The number of anilines is 1. The molecule has 0 radical (unpaired) electrons. The SMILES string of the molecule is C=CCN(c1ccc(OCc2ccccc2)cc1)S(=O)(=O)c1ccccc1[N+](=O)[O-]. The number of nitro benzene ring substituents is 1. The molecule has 0 spiro atoms. The van der Waals surface area contributed by atoms with Crippen molar-refractivity contribution >= 4 is 21.4 Å². The summed E-state index contributed by atoms with van der Waals surface area (Å²) in [5.41, 5.74) is 0.878. The van der Waals surface area contributed by atoms with Gasteiger partial charge in [0.15, 0.2) is 4.90 Å². The van der Waals surface area contributed by atoms with Gasteiger partial charge < -0.3 is 4.74 Å². The van der Waals surface area contributed by atoms with Crippen LogP contribution in [0.2, 0.25) is 0 Å². The van der Waals surface area contributed by atoms with Crippen molar-refractivity contribution < 1.29 is 18.1 Å². The van der Waals surface area contributed by atoms with Crippen LogP contribution in [0.1, 0.15) is 5.56 Å². The molecule has 0 saturated carbocycles. The number of rotatable bonds is 9. The lowest BCUT2D eigenvalue weighted by Gasteiger charge is -2.23. The Labute approximate surface area is 175 Å². The number of hydrogen-bond acceptors (Lipinski definition) is 5. The summed E-state index contributed by atoms with van der Waals surface area (Å²) in [7, 11) is -4.18. The van der Waals surface area contributed by atoms with Crippen molar-refractivity contribution in [1.82, 2.24) is 0 Å². The Hall–Kier alpha value is -3.65. The molecule has 0 aliphatic carbocycles. The molecule has 3 aromatic rings. The minimum Gasteiger partial charge on any atom is -0.489 e. The zero-order chi connectivity index (χ0) is 21.6. The summed E-state index contributed by atoms with van der Waals surface area (Å²) in [4.78, 5) is 10.2. The maximum absolute atomic E-state index is 13.2. The smallest absolute Gasteiger partial charge is 0.289 e. The lowest BCUT2D eigenvalue weighted by molar-refractivity contribution is -0.387. The highest BCUT2D eigenvalue weighted by molar-refractivity contribution is 7.93. The Balaban J connectivity index is 1.87. The Morgan fingerprint density at radius 1 is 0.967 bits per heavy atom. The standard InChI is InChI=1S/C22H20N2O5S/c1-2-16-23(30(27,28)22-11-7-6-10-21(22)24(25)26)19-12-14-20(15-13-19)29-17-18-8-4-3-5-9-18/h2-15H,1,16-17H2. The van der Waals surface area contributed by atoms with Gasteiger partial charge in [-0.25, -0.2) is 8.42 Å². The van der Waals surface area contributed by atoms with E-state index in [1.165, 1.54) is 30.3 Å². The minimum absolute atomic E-state index is 0.0431. The van der Waals surface area contributed by atoms with E-state index in [0.717, 1.165) is 9.87 Å². The first-order valence-electron chi connectivity index (χ1n) is 9.07. The summed E-state index contributed by atoms with van der Waals surface area (Å²) < 4.78 is 33.2. The van der Waals surface area contributed by atoms with E-state index in [1.807, 2.05) is 30.3 Å². The molecule has 0 fully saturated rings. The molecule has 0 unspecified atom stereocenters. The molecule has 0 saturated heterocycles. The number of sulfonamides is 1. The van der Waals surface area contributed by atoms with Crippen LogP contribution in [0.5, 0.6) is 5.75 Å². The Morgan fingerprint density at radius 3 is 2.23 bits per heavy atom. The molecule has 8 heteroatoms. The van der Waals surface area contributed by atoms with Crippen LogP contribution in [0.3, 0.4) is 0 Å². The van der Waals surface area contributed by atoms with Gasteiger partial charge in [-0.05, 0) is 35.9 Å². The van der Waals surface area contributed by atoms with Crippen molar-refractivity contribution in [2.75, 3.05) is 10.8 Å². The Kier molecular flexibility index (Phi) is 6.48. The van der Waals surface area contributed by atoms with E-state index in [4.69, 9.17) is 4.74 Å². The zero-order valence-electron chi connectivity index (χ0n) is 16.0. The van der Waals surface area contributed by atoms with Gasteiger partial charge in [0, 0.05) is 6.07 Å². The highest BCUT2D eigenvalue weighted by Gasteiger charge is 2.31. The third-order valence-corrected chi connectivity index (χ3v) is 6.14. The number of benzene rings is 3. The summed E-state index contributed by atoms with van der Waals surface area (Å²) in [5, 5.41) is 11.3. The van der Waals surface area contributed by atoms with Crippen LogP contribution in [-0.2, 0) is 16.6 Å². The van der Waals surface area contributed by atoms with Gasteiger partial charge in [0.1, 0.15) is 12.4 Å². The molecule has 0 atom stereocenters. The fourth-order valence-electron chi connectivity index (χ4n) is 2.85. The van der Waals surface area contributed by atoms with E-state index in [0.29, 0.717) is 18.0 Å². The second-order valence-corrected chi connectivity index (χ2v) is 8.15. The van der Waals surface area contributed by atoms with Crippen molar-refractivity contribution in [2.45, 2.75) is 11.5 Å². The predicted octanol–water partition coefficient (Wildman–Crippen LogP) is 4.56. The molecular formula is C22H20N2O5S. The van der Waals surface area contributed by atoms with Crippen LogP contribution in [0.15, 0.2) is 96.4 Å². The topological polar surface area (TPSA) is 89.8 Å². The molecule has 154 valence electrons. The van der Waals surface area contributed by atoms with E-state index in [2.05, 4.69) is 6.58 Å². The molecule has 0 bridgehead atoms. The normalized spacial score (nSPS) is 10.9. The van der Waals surface area contributed by atoms with Gasteiger partial charge in [-0.2, -0.15) is 0 Å². The molecule has 0 aromatic heterocycles. The lowest BCUT2D eigenvalue weighted by Crippen LogP contribution is -2.31. The lowest BCUT2D eigenvalue weighted by atomic mass is 10.2. The van der Waals surface area contributed by atoms with Crippen LogP contribution in [0, 0.1) is 10.1 Å². The summed E-state index contributed by atoms with van der Waals surface area (Å²) >= 11 is 0. The van der Waals surface area contributed by atoms with E-state index in [-0.39, 0.29) is 11.4 Å². The van der Waals surface area contributed by atoms with Crippen molar-refractivity contribution in [3.63, 3.8) is 0 Å². The van der Waals surface area contributed by atoms with Gasteiger partial charge >= 0.3 is 0 Å². The van der Waals surface area contributed by atoms with Gasteiger partial charge in [0.25, 0.3) is 15.7 Å². The highest BCUT2D eigenvalue weighted by Crippen LogP contribution is 2.30. The molecule has 30 heavy (non-hydrogen) atoms. The average Bonchev–Trinajstić information content (AvgIpc) is 2.77. The first kappa shape index (κ1) is 21.1. The Bertz CT molecular complexity index is 1130. The number of ether oxygens (including phenoxy) is 1.